The maximum absolute atomic E-state index is 13.4. The third kappa shape index (κ3) is 2.94. The van der Waals surface area contributed by atoms with Crippen LogP contribution in [0.25, 0.3) is 0 Å². The molecule has 0 aromatic heterocycles. The minimum Gasteiger partial charge on any atom is -0.508 e. The molecule has 1 atom stereocenters. The van der Waals surface area contributed by atoms with E-state index < -0.39 is 17.7 Å². The van der Waals surface area contributed by atoms with Gasteiger partial charge in [0, 0.05) is 0 Å². The molecule has 0 spiro atoms. The predicted octanol–water partition coefficient (Wildman–Crippen LogP) is 2.50. The molecule has 0 saturated carbocycles. The highest BCUT2D eigenvalue weighted by Gasteiger charge is 2.17. The van der Waals surface area contributed by atoms with Gasteiger partial charge in [0.25, 0.3) is 0 Å². The first-order chi connectivity index (χ1) is 7.04. The lowest BCUT2D eigenvalue weighted by atomic mass is 9.92. The smallest absolute Gasteiger partial charge is 0.303 e. The zero-order valence-electron chi connectivity index (χ0n) is 8.40. The summed E-state index contributed by atoms with van der Waals surface area (Å²) in [6.45, 7) is 1.79. The van der Waals surface area contributed by atoms with E-state index in [2.05, 4.69) is 0 Å². The van der Waals surface area contributed by atoms with Crippen LogP contribution in [0.1, 0.15) is 31.2 Å². The lowest BCUT2D eigenvalue weighted by Gasteiger charge is -2.13. The Balaban J connectivity index is 3.00. The molecule has 0 fully saturated rings. The number of carboxylic acid groups (broad SMARTS) is 1. The van der Waals surface area contributed by atoms with E-state index in [4.69, 9.17) is 5.11 Å². The molecule has 1 rings (SSSR count). The average molecular weight is 212 g/mol. The first kappa shape index (κ1) is 11.5. The number of aromatic hydroxyl groups is 1. The Morgan fingerprint density at radius 1 is 1.53 bits per heavy atom. The standard InChI is InChI=1S/C11H13FO3/c1-2-7(5-11(14)15)9-6-8(13)3-4-10(9)12/h3-4,6-7,13H,2,5H2,1H3,(H,14,15)/t7-/m0/s1. The normalized spacial score (nSPS) is 12.4. The molecule has 0 heterocycles. The van der Waals surface area contributed by atoms with E-state index in [1.165, 1.54) is 12.1 Å². The van der Waals surface area contributed by atoms with Crippen LogP contribution in [-0.4, -0.2) is 16.2 Å². The van der Waals surface area contributed by atoms with Crippen LogP contribution in [0, 0.1) is 5.82 Å². The van der Waals surface area contributed by atoms with Crippen molar-refractivity contribution in [2.45, 2.75) is 25.7 Å². The third-order valence-corrected chi connectivity index (χ3v) is 2.33. The number of phenols is 1. The second-order valence-corrected chi connectivity index (χ2v) is 3.41. The molecule has 0 amide bonds. The highest BCUT2D eigenvalue weighted by Crippen LogP contribution is 2.28. The predicted molar refractivity (Wildman–Crippen MR) is 53.3 cm³/mol. The second-order valence-electron chi connectivity index (χ2n) is 3.41. The van der Waals surface area contributed by atoms with Crippen LogP contribution < -0.4 is 0 Å². The van der Waals surface area contributed by atoms with Gasteiger partial charge in [-0.15, -0.1) is 0 Å². The summed E-state index contributed by atoms with van der Waals surface area (Å²) >= 11 is 0. The average Bonchev–Trinajstić information content (AvgIpc) is 2.18. The summed E-state index contributed by atoms with van der Waals surface area (Å²) in [6, 6.07) is 3.67. The Morgan fingerprint density at radius 3 is 2.73 bits per heavy atom. The summed E-state index contributed by atoms with van der Waals surface area (Å²) in [7, 11) is 0. The minimum absolute atomic E-state index is 0.0461. The van der Waals surface area contributed by atoms with E-state index in [0.29, 0.717) is 6.42 Å². The Kier molecular flexibility index (Phi) is 3.66. The van der Waals surface area contributed by atoms with E-state index in [0.717, 1.165) is 6.07 Å². The number of carbonyl (C=O) groups is 1. The molecule has 1 aromatic carbocycles. The number of phenolic OH excluding ortho intramolecular Hbond substituents is 1. The fraction of sp³-hybridized carbons (Fsp3) is 0.364. The van der Waals surface area contributed by atoms with Gasteiger partial charge < -0.3 is 10.2 Å². The highest BCUT2D eigenvalue weighted by molar-refractivity contribution is 5.68. The van der Waals surface area contributed by atoms with Gasteiger partial charge >= 0.3 is 5.97 Å². The number of halogens is 1. The SMILES string of the molecule is CC[C@@H](CC(=O)O)c1cc(O)ccc1F. The zero-order valence-corrected chi connectivity index (χ0v) is 8.40. The van der Waals surface area contributed by atoms with Gasteiger partial charge in [0.1, 0.15) is 11.6 Å². The van der Waals surface area contributed by atoms with E-state index in [-0.39, 0.29) is 17.7 Å². The summed E-state index contributed by atoms with van der Waals surface area (Å²) < 4.78 is 13.4. The molecule has 3 nitrogen and oxygen atoms in total. The Morgan fingerprint density at radius 2 is 2.20 bits per heavy atom. The fourth-order valence-electron chi connectivity index (χ4n) is 1.53. The van der Waals surface area contributed by atoms with Crippen molar-refractivity contribution in [1.29, 1.82) is 0 Å². The quantitative estimate of drug-likeness (QED) is 0.806. The number of rotatable bonds is 4. The maximum atomic E-state index is 13.4. The molecule has 1 aromatic rings. The molecule has 0 bridgehead atoms. The molecule has 82 valence electrons. The van der Waals surface area contributed by atoms with Gasteiger partial charge in [-0.1, -0.05) is 6.92 Å². The van der Waals surface area contributed by atoms with Crippen LogP contribution in [-0.2, 0) is 4.79 Å². The molecule has 0 aliphatic rings. The van der Waals surface area contributed by atoms with Gasteiger partial charge in [-0.2, -0.15) is 0 Å². The van der Waals surface area contributed by atoms with Gasteiger partial charge in [0.2, 0.25) is 0 Å². The van der Waals surface area contributed by atoms with Crippen molar-refractivity contribution in [2.24, 2.45) is 0 Å². The largest absolute Gasteiger partial charge is 0.508 e. The van der Waals surface area contributed by atoms with Crippen LogP contribution >= 0.6 is 0 Å². The van der Waals surface area contributed by atoms with Crippen molar-refractivity contribution in [3.8, 4) is 5.75 Å². The molecule has 0 aliphatic carbocycles. The zero-order chi connectivity index (χ0) is 11.4. The van der Waals surface area contributed by atoms with E-state index in [1.807, 2.05) is 0 Å². The molecule has 0 aliphatic heterocycles. The second kappa shape index (κ2) is 4.77. The van der Waals surface area contributed by atoms with E-state index in [1.54, 1.807) is 6.92 Å². The van der Waals surface area contributed by atoms with Gasteiger partial charge in [0.05, 0.1) is 6.42 Å². The lowest BCUT2D eigenvalue weighted by molar-refractivity contribution is -0.137. The van der Waals surface area contributed by atoms with Crippen LogP contribution in [0.15, 0.2) is 18.2 Å². The monoisotopic (exact) mass is 212 g/mol. The fourth-order valence-corrected chi connectivity index (χ4v) is 1.53. The molecular weight excluding hydrogens is 199 g/mol. The first-order valence-electron chi connectivity index (χ1n) is 4.74. The van der Waals surface area contributed by atoms with Crippen LogP contribution in [0.3, 0.4) is 0 Å². The number of carboxylic acids is 1. The Labute approximate surface area is 87.2 Å². The van der Waals surface area contributed by atoms with E-state index >= 15 is 0 Å². The third-order valence-electron chi connectivity index (χ3n) is 2.33. The van der Waals surface area contributed by atoms with Crippen molar-refractivity contribution in [3.05, 3.63) is 29.6 Å². The summed E-state index contributed by atoms with van der Waals surface area (Å²) in [5.41, 5.74) is 0.264. The number of aliphatic carboxylic acids is 1. The van der Waals surface area contributed by atoms with Crippen molar-refractivity contribution < 1.29 is 19.4 Å². The van der Waals surface area contributed by atoms with E-state index in [9.17, 15) is 14.3 Å². The molecule has 15 heavy (non-hydrogen) atoms. The first-order valence-corrected chi connectivity index (χ1v) is 4.74. The minimum atomic E-state index is -0.968. The van der Waals surface area contributed by atoms with Crippen LogP contribution in [0.5, 0.6) is 5.75 Å². The van der Waals surface area contributed by atoms with Crippen molar-refractivity contribution in [1.82, 2.24) is 0 Å². The molecular formula is C11H13FO3. The number of benzene rings is 1. The maximum Gasteiger partial charge on any atom is 0.303 e. The van der Waals surface area contributed by atoms with Gasteiger partial charge in [-0.3, -0.25) is 4.79 Å². The summed E-state index contributed by atoms with van der Waals surface area (Å²) in [5, 5.41) is 17.9. The number of hydrogen-bond donors (Lipinski definition) is 2. The van der Waals surface area contributed by atoms with Crippen molar-refractivity contribution >= 4 is 5.97 Å². The molecule has 2 N–H and O–H groups in total. The Bertz CT molecular complexity index is 363. The molecule has 4 heteroatoms. The molecule has 0 saturated heterocycles. The van der Waals surface area contributed by atoms with Crippen molar-refractivity contribution in [3.63, 3.8) is 0 Å². The molecule has 0 unspecified atom stereocenters. The van der Waals surface area contributed by atoms with Crippen LogP contribution in [0.2, 0.25) is 0 Å². The topological polar surface area (TPSA) is 57.5 Å². The van der Waals surface area contributed by atoms with Crippen molar-refractivity contribution in [2.75, 3.05) is 0 Å². The summed E-state index contributed by atoms with van der Waals surface area (Å²) in [5.74, 6) is -1.88. The Hall–Kier alpha value is -1.58. The lowest BCUT2D eigenvalue weighted by Crippen LogP contribution is -2.07. The summed E-state index contributed by atoms with van der Waals surface area (Å²) in [6.07, 6.45) is 0.392. The van der Waals surface area contributed by atoms with Gasteiger partial charge in [-0.25, -0.2) is 4.39 Å². The van der Waals surface area contributed by atoms with Crippen LogP contribution in [0.4, 0.5) is 4.39 Å². The van der Waals surface area contributed by atoms with Gasteiger partial charge in [0.15, 0.2) is 0 Å². The molecule has 0 radical (unpaired) electrons. The number of hydrogen-bond acceptors (Lipinski definition) is 2. The summed E-state index contributed by atoms with van der Waals surface area (Å²) in [4.78, 5) is 10.6. The highest BCUT2D eigenvalue weighted by atomic mass is 19.1. The van der Waals surface area contributed by atoms with Gasteiger partial charge in [-0.05, 0) is 36.1 Å².